The van der Waals surface area contributed by atoms with Crippen molar-refractivity contribution in [1.29, 1.82) is 0 Å². The SMILES string of the molecule is COc1ccc(OC)c(Nc2cc(C)nc(Nc3ccccc3OC)n2)c1. The predicted molar refractivity (Wildman–Crippen MR) is 106 cm³/mol. The molecule has 0 radical (unpaired) electrons. The number of aryl methyl sites for hydroxylation is 1. The van der Waals surface area contributed by atoms with Crippen molar-refractivity contribution in [2.45, 2.75) is 6.92 Å². The first-order chi connectivity index (χ1) is 13.1. The van der Waals surface area contributed by atoms with Gasteiger partial charge in [0.15, 0.2) is 0 Å². The van der Waals surface area contributed by atoms with E-state index >= 15 is 0 Å². The molecule has 1 aromatic heterocycles. The van der Waals surface area contributed by atoms with Crippen LogP contribution in [0.3, 0.4) is 0 Å². The summed E-state index contributed by atoms with van der Waals surface area (Å²) in [6.07, 6.45) is 0. The Balaban J connectivity index is 1.90. The number of benzene rings is 2. The van der Waals surface area contributed by atoms with E-state index < -0.39 is 0 Å². The minimum Gasteiger partial charge on any atom is -0.497 e. The van der Waals surface area contributed by atoms with Crippen LogP contribution in [0.2, 0.25) is 0 Å². The molecule has 0 aliphatic heterocycles. The van der Waals surface area contributed by atoms with E-state index in [9.17, 15) is 0 Å². The second-order valence-electron chi connectivity index (χ2n) is 5.73. The third kappa shape index (κ3) is 4.38. The van der Waals surface area contributed by atoms with Crippen LogP contribution in [0.5, 0.6) is 17.2 Å². The highest BCUT2D eigenvalue weighted by Crippen LogP contribution is 2.32. The molecule has 0 saturated carbocycles. The maximum atomic E-state index is 5.41. The molecular weight excluding hydrogens is 344 g/mol. The number of methoxy groups -OCH3 is 3. The van der Waals surface area contributed by atoms with Crippen molar-refractivity contribution in [2.75, 3.05) is 32.0 Å². The van der Waals surface area contributed by atoms with Gasteiger partial charge in [-0.2, -0.15) is 4.98 Å². The maximum Gasteiger partial charge on any atom is 0.229 e. The molecular formula is C20H22N4O3. The summed E-state index contributed by atoms with van der Waals surface area (Å²) in [6, 6.07) is 15.0. The van der Waals surface area contributed by atoms with Crippen molar-refractivity contribution < 1.29 is 14.2 Å². The van der Waals surface area contributed by atoms with Gasteiger partial charge in [-0.3, -0.25) is 0 Å². The summed E-state index contributed by atoms with van der Waals surface area (Å²) in [5.74, 6) is 3.21. The standard InChI is InChI=1S/C20H22N4O3/c1-13-11-19(22-16-12-14(25-2)9-10-18(16)27-4)24-20(21-13)23-15-7-5-6-8-17(15)26-3/h5-12H,1-4H3,(H2,21,22,23,24). The van der Waals surface area contributed by atoms with Crippen molar-refractivity contribution in [1.82, 2.24) is 9.97 Å². The highest BCUT2D eigenvalue weighted by atomic mass is 16.5. The van der Waals surface area contributed by atoms with E-state index in [4.69, 9.17) is 14.2 Å². The third-order valence-corrected chi connectivity index (χ3v) is 3.88. The van der Waals surface area contributed by atoms with Gasteiger partial charge in [0.05, 0.1) is 32.7 Å². The van der Waals surface area contributed by atoms with Crippen molar-refractivity contribution in [3.05, 3.63) is 54.2 Å². The molecule has 0 saturated heterocycles. The molecule has 0 bridgehead atoms. The van der Waals surface area contributed by atoms with Gasteiger partial charge in [0, 0.05) is 17.8 Å². The largest absolute Gasteiger partial charge is 0.497 e. The lowest BCUT2D eigenvalue weighted by atomic mass is 10.2. The van der Waals surface area contributed by atoms with Crippen LogP contribution in [0.1, 0.15) is 5.69 Å². The fraction of sp³-hybridized carbons (Fsp3) is 0.200. The zero-order valence-corrected chi connectivity index (χ0v) is 15.7. The lowest BCUT2D eigenvalue weighted by Gasteiger charge is -2.14. The number of para-hydroxylation sites is 2. The van der Waals surface area contributed by atoms with Gasteiger partial charge in [-0.15, -0.1) is 0 Å². The molecule has 2 N–H and O–H groups in total. The summed E-state index contributed by atoms with van der Waals surface area (Å²) >= 11 is 0. The summed E-state index contributed by atoms with van der Waals surface area (Å²) in [6.45, 7) is 1.91. The van der Waals surface area contributed by atoms with Crippen LogP contribution in [0.15, 0.2) is 48.5 Å². The molecule has 0 amide bonds. The average molecular weight is 366 g/mol. The Bertz CT molecular complexity index is 931. The van der Waals surface area contributed by atoms with Crippen molar-refractivity contribution >= 4 is 23.1 Å². The summed E-state index contributed by atoms with van der Waals surface area (Å²) in [7, 11) is 4.86. The Labute approximate surface area is 158 Å². The van der Waals surface area contributed by atoms with Gasteiger partial charge >= 0.3 is 0 Å². The molecule has 0 spiro atoms. The topological polar surface area (TPSA) is 77.5 Å². The fourth-order valence-electron chi connectivity index (χ4n) is 2.61. The normalized spacial score (nSPS) is 10.2. The average Bonchev–Trinajstić information content (AvgIpc) is 2.68. The van der Waals surface area contributed by atoms with E-state index in [2.05, 4.69) is 20.6 Å². The first-order valence-corrected chi connectivity index (χ1v) is 8.37. The minimum atomic E-state index is 0.462. The zero-order chi connectivity index (χ0) is 19.2. The van der Waals surface area contributed by atoms with E-state index in [1.54, 1.807) is 21.3 Å². The summed E-state index contributed by atoms with van der Waals surface area (Å²) < 4.78 is 16.1. The van der Waals surface area contributed by atoms with Gasteiger partial charge in [0.1, 0.15) is 23.1 Å². The monoisotopic (exact) mass is 366 g/mol. The van der Waals surface area contributed by atoms with E-state index in [0.29, 0.717) is 23.3 Å². The molecule has 0 unspecified atom stereocenters. The maximum absolute atomic E-state index is 5.41. The Kier molecular flexibility index (Phi) is 5.61. The van der Waals surface area contributed by atoms with Crippen molar-refractivity contribution in [3.63, 3.8) is 0 Å². The number of ether oxygens (including phenoxy) is 3. The number of nitrogens with one attached hydrogen (secondary N) is 2. The molecule has 0 aliphatic rings. The Morgan fingerprint density at radius 1 is 0.741 bits per heavy atom. The molecule has 27 heavy (non-hydrogen) atoms. The van der Waals surface area contributed by atoms with Gasteiger partial charge in [0.2, 0.25) is 5.95 Å². The van der Waals surface area contributed by atoms with Gasteiger partial charge in [0.25, 0.3) is 0 Å². The molecule has 3 rings (SSSR count). The van der Waals surface area contributed by atoms with Crippen LogP contribution in [-0.2, 0) is 0 Å². The van der Waals surface area contributed by atoms with Gasteiger partial charge < -0.3 is 24.8 Å². The van der Waals surface area contributed by atoms with E-state index in [-0.39, 0.29) is 0 Å². The second-order valence-corrected chi connectivity index (χ2v) is 5.73. The van der Waals surface area contributed by atoms with Crippen LogP contribution in [0.4, 0.5) is 23.1 Å². The van der Waals surface area contributed by atoms with Crippen LogP contribution >= 0.6 is 0 Å². The number of hydrogen-bond donors (Lipinski definition) is 2. The molecule has 7 heteroatoms. The molecule has 7 nitrogen and oxygen atoms in total. The van der Waals surface area contributed by atoms with Crippen molar-refractivity contribution in [2.24, 2.45) is 0 Å². The molecule has 0 fully saturated rings. The van der Waals surface area contributed by atoms with Crippen LogP contribution < -0.4 is 24.8 Å². The van der Waals surface area contributed by atoms with Crippen LogP contribution in [0, 0.1) is 6.92 Å². The Morgan fingerprint density at radius 2 is 1.48 bits per heavy atom. The summed E-state index contributed by atoms with van der Waals surface area (Å²) in [4.78, 5) is 8.99. The van der Waals surface area contributed by atoms with Gasteiger partial charge in [-0.25, -0.2) is 4.98 Å². The molecule has 0 aliphatic carbocycles. The Hall–Kier alpha value is -3.48. The summed E-state index contributed by atoms with van der Waals surface area (Å²) in [5, 5.41) is 6.46. The highest BCUT2D eigenvalue weighted by molar-refractivity contribution is 5.68. The van der Waals surface area contributed by atoms with E-state index in [1.165, 1.54) is 0 Å². The van der Waals surface area contributed by atoms with E-state index in [0.717, 1.165) is 22.8 Å². The molecule has 0 atom stereocenters. The fourth-order valence-corrected chi connectivity index (χ4v) is 2.61. The number of anilines is 4. The lowest BCUT2D eigenvalue weighted by molar-refractivity contribution is 0.405. The first kappa shape index (κ1) is 18.3. The lowest BCUT2D eigenvalue weighted by Crippen LogP contribution is -2.04. The van der Waals surface area contributed by atoms with E-state index in [1.807, 2.05) is 55.5 Å². The number of aromatic nitrogens is 2. The molecule has 140 valence electrons. The number of rotatable bonds is 7. The molecule has 1 heterocycles. The first-order valence-electron chi connectivity index (χ1n) is 8.37. The van der Waals surface area contributed by atoms with Gasteiger partial charge in [-0.1, -0.05) is 12.1 Å². The van der Waals surface area contributed by atoms with Gasteiger partial charge in [-0.05, 0) is 31.2 Å². The quantitative estimate of drug-likeness (QED) is 0.645. The smallest absolute Gasteiger partial charge is 0.229 e. The summed E-state index contributed by atoms with van der Waals surface area (Å²) in [5.41, 5.74) is 2.35. The van der Waals surface area contributed by atoms with Crippen LogP contribution in [0.25, 0.3) is 0 Å². The molecule has 3 aromatic rings. The molecule has 2 aromatic carbocycles. The number of nitrogens with zero attached hydrogens (tertiary/aromatic N) is 2. The zero-order valence-electron chi connectivity index (χ0n) is 15.7. The number of hydrogen-bond acceptors (Lipinski definition) is 7. The Morgan fingerprint density at radius 3 is 2.22 bits per heavy atom. The predicted octanol–water partition coefficient (Wildman–Crippen LogP) is 4.30. The highest BCUT2D eigenvalue weighted by Gasteiger charge is 2.10. The van der Waals surface area contributed by atoms with Crippen molar-refractivity contribution in [3.8, 4) is 17.2 Å². The van der Waals surface area contributed by atoms with Crippen LogP contribution in [-0.4, -0.2) is 31.3 Å². The minimum absolute atomic E-state index is 0.462. The second kappa shape index (κ2) is 8.27. The third-order valence-electron chi connectivity index (χ3n) is 3.88.